The maximum Gasteiger partial charge on any atom is 0.228 e. The second-order valence-electron chi connectivity index (χ2n) is 6.57. The van der Waals surface area contributed by atoms with Gasteiger partial charge in [0.25, 0.3) is 0 Å². The van der Waals surface area contributed by atoms with Crippen molar-refractivity contribution in [1.82, 2.24) is 5.32 Å². The van der Waals surface area contributed by atoms with E-state index in [4.69, 9.17) is 0 Å². The van der Waals surface area contributed by atoms with Crippen molar-refractivity contribution in [2.24, 2.45) is 5.92 Å². The van der Waals surface area contributed by atoms with Crippen molar-refractivity contribution in [3.63, 3.8) is 0 Å². The fourth-order valence-corrected chi connectivity index (χ4v) is 3.72. The summed E-state index contributed by atoms with van der Waals surface area (Å²) in [5.74, 6) is 0.615. The lowest BCUT2D eigenvalue weighted by molar-refractivity contribution is -0.124. The summed E-state index contributed by atoms with van der Waals surface area (Å²) in [5.41, 5.74) is 2.30. The average molecular weight is 307 g/mol. The monoisotopic (exact) mass is 307 g/mol. The molecule has 0 bridgehead atoms. The highest BCUT2D eigenvalue weighted by Crippen LogP contribution is 2.37. The SMILES string of the molecule is C[C@@H](NC(=O)[C@@H](c1ccccc1)C1CCCC1)c1ccccc1. The Kier molecular flexibility index (Phi) is 5.12. The van der Waals surface area contributed by atoms with E-state index in [2.05, 4.69) is 36.5 Å². The van der Waals surface area contributed by atoms with Crippen LogP contribution in [-0.2, 0) is 4.79 Å². The molecule has 1 N–H and O–H groups in total. The van der Waals surface area contributed by atoms with Gasteiger partial charge < -0.3 is 5.32 Å². The van der Waals surface area contributed by atoms with E-state index in [1.54, 1.807) is 0 Å². The van der Waals surface area contributed by atoms with Gasteiger partial charge in [-0.2, -0.15) is 0 Å². The lowest BCUT2D eigenvalue weighted by Gasteiger charge is -2.25. The fraction of sp³-hybridized carbons (Fsp3) is 0.381. The van der Waals surface area contributed by atoms with Gasteiger partial charge in [-0.05, 0) is 36.8 Å². The predicted octanol–water partition coefficient (Wildman–Crippen LogP) is 4.84. The summed E-state index contributed by atoms with van der Waals surface area (Å²) < 4.78 is 0. The molecule has 120 valence electrons. The van der Waals surface area contributed by atoms with Crippen molar-refractivity contribution in [3.05, 3.63) is 71.8 Å². The van der Waals surface area contributed by atoms with Gasteiger partial charge in [-0.1, -0.05) is 73.5 Å². The fourth-order valence-electron chi connectivity index (χ4n) is 3.72. The van der Waals surface area contributed by atoms with Crippen LogP contribution >= 0.6 is 0 Å². The quantitative estimate of drug-likeness (QED) is 0.841. The molecular weight excluding hydrogens is 282 g/mol. The largest absolute Gasteiger partial charge is 0.349 e. The zero-order chi connectivity index (χ0) is 16.1. The molecule has 0 saturated heterocycles. The summed E-state index contributed by atoms with van der Waals surface area (Å²) >= 11 is 0. The number of hydrogen-bond donors (Lipinski definition) is 1. The van der Waals surface area contributed by atoms with Gasteiger partial charge in [-0.3, -0.25) is 4.79 Å². The standard InChI is InChI=1S/C21H25NO/c1-16(17-10-4-2-5-11-17)22-21(23)20(19-14-8-9-15-19)18-12-6-3-7-13-18/h2-7,10-13,16,19-20H,8-9,14-15H2,1H3,(H,22,23)/t16-,20+/m1/s1. The number of amides is 1. The van der Waals surface area contributed by atoms with E-state index < -0.39 is 0 Å². The van der Waals surface area contributed by atoms with E-state index in [0.29, 0.717) is 5.92 Å². The molecule has 0 radical (unpaired) electrons. The smallest absolute Gasteiger partial charge is 0.228 e. The van der Waals surface area contributed by atoms with Crippen molar-refractivity contribution in [1.29, 1.82) is 0 Å². The Morgan fingerprint density at radius 3 is 2.00 bits per heavy atom. The zero-order valence-corrected chi connectivity index (χ0v) is 13.7. The van der Waals surface area contributed by atoms with Crippen molar-refractivity contribution >= 4 is 5.91 Å². The van der Waals surface area contributed by atoms with E-state index in [-0.39, 0.29) is 17.9 Å². The van der Waals surface area contributed by atoms with Crippen LogP contribution in [0.1, 0.15) is 55.7 Å². The Bertz CT molecular complexity index is 617. The minimum Gasteiger partial charge on any atom is -0.349 e. The van der Waals surface area contributed by atoms with E-state index >= 15 is 0 Å². The molecule has 2 aromatic carbocycles. The first-order valence-electron chi connectivity index (χ1n) is 8.66. The third kappa shape index (κ3) is 3.82. The molecule has 3 rings (SSSR count). The molecule has 2 aromatic rings. The molecule has 1 amide bonds. The Morgan fingerprint density at radius 2 is 1.43 bits per heavy atom. The molecule has 2 atom stereocenters. The first-order chi connectivity index (χ1) is 11.3. The van der Waals surface area contributed by atoms with Gasteiger partial charge in [0.05, 0.1) is 12.0 Å². The molecule has 1 fully saturated rings. The van der Waals surface area contributed by atoms with Crippen LogP contribution in [0.5, 0.6) is 0 Å². The van der Waals surface area contributed by atoms with Gasteiger partial charge in [-0.15, -0.1) is 0 Å². The van der Waals surface area contributed by atoms with Crippen LogP contribution in [0.25, 0.3) is 0 Å². The first kappa shape index (κ1) is 15.8. The number of hydrogen-bond acceptors (Lipinski definition) is 1. The number of rotatable bonds is 5. The van der Waals surface area contributed by atoms with Crippen molar-refractivity contribution in [2.45, 2.75) is 44.6 Å². The topological polar surface area (TPSA) is 29.1 Å². The number of carbonyl (C=O) groups excluding carboxylic acids is 1. The minimum absolute atomic E-state index is 0.0233. The maximum absolute atomic E-state index is 13.0. The molecule has 2 heteroatoms. The number of nitrogens with one attached hydrogen (secondary N) is 1. The summed E-state index contributed by atoms with van der Waals surface area (Å²) in [4.78, 5) is 13.0. The highest BCUT2D eigenvalue weighted by Gasteiger charge is 2.32. The normalized spacial score (nSPS) is 17.6. The van der Waals surface area contributed by atoms with E-state index in [9.17, 15) is 4.79 Å². The van der Waals surface area contributed by atoms with Crippen LogP contribution in [0, 0.1) is 5.92 Å². The molecule has 0 aliphatic heterocycles. The van der Waals surface area contributed by atoms with Crippen LogP contribution in [0.2, 0.25) is 0 Å². The van der Waals surface area contributed by atoms with Gasteiger partial charge in [0.1, 0.15) is 0 Å². The number of carbonyl (C=O) groups is 1. The molecule has 0 heterocycles. The van der Waals surface area contributed by atoms with Crippen LogP contribution < -0.4 is 5.32 Å². The highest BCUT2D eigenvalue weighted by molar-refractivity contribution is 5.84. The van der Waals surface area contributed by atoms with E-state index in [1.165, 1.54) is 12.8 Å². The summed E-state index contributed by atoms with van der Waals surface area (Å²) in [5, 5.41) is 3.23. The number of benzene rings is 2. The Morgan fingerprint density at radius 1 is 0.913 bits per heavy atom. The van der Waals surface area contributed by atoms with E-state index in [1.807, 2.05) is 36.4 Å². The second-order valence-corrected chi connectivity index (χ2v) is 6.57. The van der Waals surface area contributed by atoms with Gasteiger partial charge in [0, 0.05) is 0 Å². The average Bonchev–Trinajstić information content (AvgIpc) is 3.11. The molecule has 23 heavy (non-hydrogen) atoms. The Balaban J connectivity index is 1.78. The summed E-state index contributed by atoms with van der Waals surface area (Å²) in [6.45, 7) is 2.06. The lowest BCUT2D eigenvalue weighted by atomic mass is 9.84. The van der Waals surface area contributed by atoms with Crippen molar-refractivity contribution in [3.8, 4) is 0 Å². The lowest BCUT2D eigenvalue weighted by Crippen LogP contribution is -2.34. The predicted molar refractivity (Wildman–Crippen MR) is 94.1 cm³/mol. The first-order valence-corrected chi connectivity index (χ1v) is 8.66. The molecule has 1 saturated carbocycles. The third-order valence-corrected chi connectivity index (χ3v) is 4.97. The van der Waals surface area contributed by atoms with E-state index in [0.717, 1.165) is 24.0 Å². The van der Waals surface area contributed by atoms with Crippen LogP contribution in [0.4, 0.5) is 0 Å². The van der Waals surface area contributed by atoms with Gasteiger partial charge in [-0.25, -0.2) is 0 Å². The molecular formula is C21H25NO. The van der Waals surface area contributed by atoms with Gasteiger partial charge in [0.15, 0.2) is 0 Å². The van der Waals surface area contributed by atoms with Crippen LogP contribution in [-0.4, -0.2) is 5.91 Å². The summed E-state index contributed by atoms with van der Waals surface area (Å²) in [6.07, 6.45) is 4.81. The second kappa shape index (κ2) is 7.45. The third-order valence-electron chi connectivity index (χ3n) is 4.97. The molecule has 0 spiro atoms. The van der Waals surface area contributed by atoms with Crippen LogP contribution in [0.3, 0.4) is 0 Å². The minimum atomic E-state index is -0.0233. The Hall–Kier alpha value is -2.09. The van der Waals surface area contributed by atoms with Crippen molar-refractivity contribution in [2.75, 3.05) is 0 Å². The molecule has 0 unspecified atom stereocenters. The summed E-state index contributed by atoms with van der Waals surface area (Å²) in [6, 6.07) is 20.5. The zero-order valence-electron chi connectivity index (χ0n) is 13.7. The molecule has 2 nitrogen and oxygen atoms in total. The maximum atomic E-state index is 13.0. The highest BCUT2D eigenvalue weighted by atomic mass is 16.2. The van der Waals surface area contributed by atoms with Gasteiger partial charge >= 0.3 is 0 Å². The van der Waals surface area contributed by atoms with Gasteiger partial charge in [0.2, 0.25) is 5.91 Å². The summed E-state index contributed by atoms with van der Waals surface area (Å²) in [7, 11) is 0. The molecule has 1 aliphatic rings. The Labute approximate surface area is 138 Å². The van der Waals surface area contributed by atoms with Crippen LogP contribution in [0.15, 0.2) is 60.7 Å². The molecule has 1 aliphatic carbocycles. The van der Waals surface area contributed by atoms with Crippen molar-refractivity contribution < 1.29 is 4.79 Å². The molecule has 0 aromatic heterocycles.